The minimum Gasteiger partial charge on any atom is -0.0850 e. The van der Waals surface area contributed by atoms with Crippen molar-refractivity contribution in [1.82, 2.24) is 0 Å². The second-order valence-electron chi connectivity index (χ2n) is 4.03. The Labute approximate surface area is 75.4 Å². The Morgan fingerprint density at radius 3 is 2.58 bits per heavy atom. The average molecular weight is 162 g/mol. The van der Waals surface area contributed by atoms with Crippen LogP contribution in [-0.4, -0.2) is 0 Å². The molecule has 2 aliphatic rings. The lowest BCUT2D eigenvalue weighted by Crippen LogP contribution is -1.93. The smallest absolute Gasteiger partial charge is 0.0136 e. The molecule has 0 amide bonds. The highest BCUT2D eigenvalue weighted by atomic mass is 14.1. The summed E-state index contributed by atoms with van der Waals surface area (Å²) in [4.78, 5) is 0. The van der Waals surface area contributed by atoms with Crippen molar-refractivity contribution in [2.24, 2.45) is 0 Å². The zero-order valence-corrected chi connectivity index (χ0v) is 7.81. The van der Waals surface area contributed by atoms with E-state index >= 15 is 0 Å². The van der Waals surface area contributed by atoms with Crippen molar-refractivity contribution in [1.29, 1.82) is 0 Å². The summed E-state index contributed by atoms with van der Waals surface area (Å²) in [6.45, 7) is 0. The molecule has 1 fully saturated rings. The first-order valence-corrected chi connectivity index (χ1v) is 5.31. The van der Waals surface area contributed by atoms with E-state index in [0.29, 0.717) is 0 Å². The lowest BCUT2D eigenvalue weighted by molar-refractivity contribution is 0.596. The molecule has 0 aromatic heterocycles. The molecule has 0 nitrogen and oxygen atoms in total. The largest absolute Gasteiger partial charge is 0.0850 e. The van der Waals surface area contributed by atoms with Crippen LogP contribution < -0.4 is 0 Å². The van der Waals surface area contributed by atoms with Crippen molar-refractivity contribution in [3.8, 4) is 0 Å². The van der Waals surface area contributed by atoms with Crippen LogP contribution in [0.3, 0.4) is 0 Å². The number of hydrogen-bond donors (Lipinski definition) is 0. The van der Waals surface area contributed by atoms with Gasteiger partial charge in [-0.25, -0.2) is 0 Å². The maximum absolute atomic E-state index is 2.50. The summed E-state index contributed by atoms with van der Waals surface area (Å²) in [5, 5.41) is 0. The second-order valence-corrected chi connectivity index (χ2v) is 4.03. The van der Waals surface area contributed by atoms with E-state index in [4.69, 9.17) is 0 Å². The molecule has 0 aromatic rings. The van der Waals surface area contributed by atoms with Crippen molar-refractivity contribution in [2.75, 3.05) is 0 Å². The van der Waals surface area contributed by atoms with Crippen LogP contribution in [0.15, 0.2) is 23.3 Å². The van der Waals surface area contributed by atoms with Gasteiger partial charge in [-0.2, -0.15) is 0 Å². The lowest BCUT2D eigenvalue weighted by atomic mass is 9.94. The second kappa shape index (κ2) is 3.93. The Kier molecular flexibility index (Phi) is 2.65. The van der Waals surface area contributed by atoms with Gasteiger partial charge in [0.2, 0.25) is 0 Å². The summed E-state index contributed by atoms with van der Waals surface area (Å²) < 4.78 is 0. The predicted octanol–water partition coefficient (Wildman–Crippen LogP) is 3.99. The minimum absolute atomic E-state index is 1.31. The Balaban J connectivity index is 1.69. The number of rotatable bonds is 3. The molecule has 0 N–H and O–H groups in total. The SMILES string of the molecule is C1=C(CCC=C2CCCCC2)C1. The number of hydrogen-bond acceptors (Lipinski definition) is 0. The van der Waals surface area contributed by atoms with Crippen LogP contribution in [0.4, 0.5) is 0 Å². The molecule has 0 heteroatoms. The summed E-state index contributed by atoms with van der Waals surface area (Å²) in [6, 6.07) is 0. The maximum atomic E-state index is 2.50. The molecule has 0 aromatic carbocycles. The Hall–Kier alpha value is -0.520. The molecular weight excluding hydrogens is 144 g/mol. The molecule has 12 heavy (non-hydrogen) atoms. The van der Waals surface area contributed by atoms with Gasteiger partial charge in [-0.15, -0.1) is 0 Å². The fraction of sp³-hybridized carbons (Fsp3) is 0.667. The first-order valence-electron chi connectivity index (χ1n) is 5.31. The molecule has 66 valence electrons. The van der Waals surface area contributed by atoms with Gasteiger partial charge >= 0.3 is 0 Å². The Morgan fingerprint density at radius 1 is 1.17 bits per heavy atom. The zero-order valence-electron chi connectivity index (χ0n) is 7.81. The molecule has 0 unspecified atom stereocenters. The van der Waals surface area contributed by atoms with Crippen molar-refractivity contribution in [3.63, 3.8) is 0 Å². The van der Waals surface area contributed by atoms with Crippen LogP contribution in [0.2, 0.25) is 0 Å². The minimum atomic E-state index is 1.31. The van der Waals surface area contributed by atoms with Crippen LogP contribution >= 0.6 is 0 Å². The summed E-state index contributed by atoms with van der Waals surface area (Å²) >= 11 is 0. The van der Waals surface area contributed by atoms with Gasteiger partial charge in [-0.1, -0.05) is 29.7 Å². The summed E-state index contributed by atoms with van der Waals surface area (Å²) in [7, 11) is 0. The fourth-order valence-corrected chi connectivity index (χ4v) is 1.95. The summed E-state index contributed by atoms with van der Waals surface area (Å²) in [5.74, 6) is 0. The average Bonchev–Trinajstić information content (AvgIpc) is 2.90. The van der Waals surface area contributed by atoms with E-state index in [9.17, 15) is 0 Å². The highest BCUT2D eigenvalue weighted by Gasteiger charge is 2.07. The van der Waals surface area contributed by atoms with E-state index in [-0.39, 0.29) is 0 Å². The fourth-order valence-electron chi connectivity index (χ4n) is 1.95. The van der Waals surface area contributed by atoms with E-state index in [1.54, 1.807) is 11.1 Å². The van der Waals surface area contributed by atoms with E-state index in [0.717, 1.165) is 0 Å². The van der Waals surface area contributed by atoms with Crippen molar-refractivity contribution < 1.29 is 0 Å². The standard InChI is InChI=1S/C12H18/c1-2-5-11(6-3-1)7-4-8-12-9-10-12/h7,9H,1-6,8,10H2. The van der Waals surface area contributed by atoms with Gasteiger partial charge < -0.3 is 0 Å². The van der Waals surface area contributed by atoms with E-state index in [2.05, 4.69) is 12.2 Å². The van der Waals surface area contributed by atoms with Gasteiger partial charge in [0.25, 0.3) is 0 Å². The van der Waals surface area contributed by atoms with Gasteiger partial charge in [0.1, 0.15) is 0 Å². The predicted molar refractivity (Wildman–Crippen MR) is 53.1 cm³/mol. The molecule has 0 saturated heterocycles. The topological polar surface area (TPSA) is 0 Å². The van der Waals surface area contributed by atoms with E-state index < -0.39 is 0 Å². The molecular formula is C12H18. The van der Waals surface area contributed by atoms with Gasteiger partial charge in [-0.05, 0) is 44.9 Å². The third-order valence-electron chi connectivity index (χ3n) is 2.89. The van der Waals surface area contributed by atoms with E-state index in [1.807, 2.05) is 0 Å². The zero-order chi connectivity index (χ0) is 8.23. The molecule has 0 bridgehead atoms. The first kappa shape index (κ1) is 8.10. The van der Waals surface area contributed by atoms with Crippen LogP contribution in [-0.2, 0) is 0 Å². The third-order valence-corrected chi connectivity index (χ3v) is 2.89. The lowest BCUT2D eigenvalue weighted by Gasteiger charge is -2.12. The van der Waals surface area contributed by atoms with Gasteiger partial charge in [-0.3, -0.25) is 0 Å². The molecule has 0 radical (unpaired) electrons. The van der Waals surface area contributed by atoms with Crippen LogP contribution in [0, 0.1) is 0 Å². The molecule has 0 atom stereocenters. The Bertz CT molecular complexity index is 200. The van der Waals surface area contributed by atoms with Gasteiger partial charge in [0.15, 0.2) is 0 Å². The first-order chi connectivity index (χ1) is 5.95. The van der Waals surface area contributed by atoms with Crippen LogP contribution in [0.25, 0.3) is 0 Å². The highest BCUT2D eigenvalue weighted by Crippen LogP contribution is 2.27. The van der Waals surface area contributed by atoms with Crippen LogP contribution in [0.1, 0.15) is 51.4 Å². The van der Waals surface area contributed by atoms with Crippen molar-refractivity contribution >= 4 is 0 Å². The monoisotopic (exact) mass is 162 g/mol. The molecule has 2 rings (SSSR count). The third kappa shape index (κ3) is 2.51. The van der Waals surface area contributed by atoms with Gasteiger partial charge in [0.05, 0.1) is 0 Å². The van der Waals surface area contributed by atoms with E-state index in [1.165, 1.54) is 51.4 Å². The molecule has 0 heterocycles. The molecule has 1 saturated carbocycles. The molecule has 0 aliphatic heterocycles. The summed E-state index contributed by atoms with van der Waals surface area (Å²) in [6.07, 6.45) is 15.9. The summed E-state index contributed by atoms with van der Waals surface area (Å²) in [5.41, 5.74) is 3.42. The number of allylic oxidation sites excluding steroid dienone is 4. The quantitative estimate of drug-likeness (QED) is 0.550. The maximum Gasteiger partial charge on any atom is -0.0136 e. The highest BCUT2D eigenvalue weighted by molar-refractivity contribution is 5.22. The molecule has 2 aliphatic carbocycles. The van der Waals surface area contributed by atoms with Crippen molar-refractivity contribution in [3.05, 3.63) is 23.3 Å². The van der Waals surface area contributed by atoms with Crippen molar-refractivity contribution in [2.45, 2.75) is 51.4 Å². The molecule has 0 spiro atoms. The van der Waals surface area contributed by atoms with Gasteiger partial charge in [0, 0.05) is 0 Å². The normalized spacial score (nSPS) is 22.0. The van der Waals surface area contributed by atoms with Crippen LogP contribution in [0.5, 0.6) is 0 Å². The Morgan fingerprint density at radius 2 is 1.92 bits per heavy atom.